The molecule has 0 aliphatic heterocycles. The van der Waals surface area contributed by atoms with E-state index in [2.05, 4.69) is 9.71 Å². The first-order chi connectivity index (χ1) is 11.6. The molecule has 1 N–H and O–H groups in total. The van der Waals surface area contributed by atoms with Gasteiger partial charge in [-0.2, -0.15) is 0 Å². The Labute approximate surface area is 146 Å². The summed E-state index contributed by atoms with van der Waals surface area (Å²) in [5.41, 5.74) is 2.60. The van der Waals surface area contributed by atoms with E-state index in [-0.39, 0.29) is 5.75 Å². The van der Waals surface area contributed by atoms with E-state index in [0.717, 1.165) is 28.1 Å². The molecule has 124 valence electrons. The smallest absolute Gasteiger partial charge is 0.238 e. The van der Waals surface area contributed by atoms with Gasteiger partial charge in [-0.05, 0) is 12.0 Å². The SMILES string of the molecule is CCc1sc(NS(=O)(=O)Cc2ccccc2)nc1-c1ccccc1. The van der Waals surface area contributed by atoms with Gasteiger partial charge in [0.25, 0.3) is 0 Å². The third kappa shape index (κ3) is 4.01. The Balaban J connectivity index is 1.84. The van der Waals surface area contributed by atoms with Gasteiger partial charge < -0.3 is 0 Å². The molecule has 0 bridgehead atoms. The summed E-state index contributed by atoms with van der Waals surface area (Å²) in [6.45, 7) is 2.04. The van der Waals surface area contributed by atoms with Crippen LogP contribution in [0.2, 0.25) is 0 Å². The molecule has 1 aromatic heterocycles. The molecule has 0 unspecified atom stereocenters. The molecule has 0 radical (unpaired) electrons. The number of benzene rings is 2. The zero-order chi connectivity index (χ0) is 17.0. The Morgan fingerprint density at radius 3 is 2.25 bits per heavy atom. The van der Waals surface area contributed by atoms with E-state index < -0.39 is 10.0 Å². The highest BCUT2D eigenvalue weighted by molar-refractivity contribution is 7.92. The zero-order valence-corrected chi connectivity index (χ0v) is 14.9. The van der Waals surface area contributed by atoms with Gasteiger partial charge in [-0.25, -0.2) is 13.4 Å². The van der Waals surface area contributed by atoms with Crippen LogP contribution in [0.3, 0.4) is 0 Å². The summed E-state index contributed by atoms with van der Waals surface area (Å²) in [7, 11) is -3.48. The van der Waals surface area contributed by atoms with E-state index in [4.69, 9.17) is 0 Å². The molecule has 0 fully saturated rings. The number of anilines is 1. The van der Waals surface area contributed by atoms with Gasteiger partial charge in [-0.15, -0.1) is 11.3 Å². The first-order valence-corrected chi connectivity index (χ1v) is 10.1. The number of hydrogen-bond acceptors (Lipinski definition) is 4. The van der Waals surface area contributed by atoms with Crippen LogP contribution in [-0.4, -0.2) is 13.4 Å². The predicted octanol–water partition coefficient (Wildman–Crippen LogP) is 4.31. The lowest BCUT2D eigenvalue weighted by Crippen LogP contribution is -2.14. The predicted molar refractivity (Wildman–Crippen MR) is 99.6 cm³/mol. The maximum atomic E-state index is 12.4. The van der Waals surface area contributed by atoms with Gasteiger partial charge >= 0.3 is 0 Å². The highest BCUT2D eigenvalue weighted by atomic mass is 32.2. The van der Waals surface area contributed by atoms with Gasteiger partial charge in [0.05, 0.1) is 11.4 Å². The summed E-state index contributed by atoms with van der Waals surface area (Å²) in [6.07, 6.45) is 0.808. The van der Waals surface area contributed by atoms with Gasteiger partial charge in [0.1, 0.15) is 0 Å². The van der Waals surface area contributed by atoms with Crippen molar-refractivity contribution in [1.82, 2.24) is 4.98 Å². The van der Waals surface area contributed by atoms with E-state index in [1.807, 2.05) is 55.5 Å². The fraction of sp³-hybridized carbons (Fsp3) is 0.167. The number of nitrogens with zero attached hydrogens (tertiary/aromatic N) is 1. The van der Waals surface area contributed by atoms with Gasteiger partial charge in [-0.1, -0.05) is 67.6 Å². The molecule has 0 aliphatic rings. The topological polar surface area (TPSA) is 59.1 Å². The molecule has 3 aromatic rings. The molecule has 0 atom stereocenters. The first kappa shape index (κ1) is 16.7. The molecule has 0 saturated heterocycles. The number of hydrogen-bond donors (Lipinski definition) is 1. The molecule has 0 amide bonds. The Morgan fingerprint density at radius 2 is 1.62 bits per heavy atom. The molecular weight excluding hydrogens is 340 g/mol. The van der Waals surface area contributed by atoms with Crippen molar-refractivity contribution in [1.29, 1.82) is 0 Å². The monoisotopic (exact) mass is 358 g/mol. The van der Waals surface area contributed by atoms with Gasteiger partial charge in [-0.3, -0.25) is 4.72 Å². The lowest BCUT2D eigenvalue weighted by molar-refractivity contribution is 0.600. The van der Waals surface area contributed by atoms with Crippen LogP contribution in [0.4, 0.5) is 5.13 Å². The van der Waals surface area contributed by atoms with Crippen LogP contribution in [0.5, 0.6) is 0 Å². The maximum Gasteiger partial charge on any atom is 0.238 e. The summed E-state index contributed by atoms with van der Waals surface area (Å²) in [6, 6.07) is 18.9. The number of thiazole rings is 1. The summed E-state index contributed by atoms with van der Waals surface area (Å²) >= 11 is 1.39. The lowest BCUT2D eigenvalue weighted by Gasteiger charge is -2.04. The Bertz CT molecular complexity index is 905. The van der Waals surface area contributed by atoms with Crippen molar-refractivity contribution in [3.63, 3.8) is 0 Å². The normalized spacial score (nSPS) is 11.4. The maximum absolute atomic E-state index is 12.4. The average molecular weight is 358 g/mol. The van der Waals surface area contributed by atoms with Crippen LogP contribution in [0.15, 0.2) is 60.7 Å². The summed E-state index contributed by atoms with van der Waals surface area (Å²) in [4.78, 5) is 5.57. The second kappa shape index (κ2) is 7.15. The van der Waals surface area contributed by atoms with E-state index in [9.17, 15) is 8.42 Å². The third-order valence-corrected chi connectivity index (χ3v) is 5.97. The third-order valence-electron chi connectivity index (χ3n) is 3.51. The van der Waals surface area contributed by atoms with Crippen molar-refractivity contribution < 1.29 is 8.42 Å². The van der Waals surface area contributed by atoms with Gasteiger partial charge in [0.15, 0.2) is 5.13 Å². The van der Waals surface area contributed by atoms with Crippen LogP contribution in [-0.2, 0) is 22.2 Å². The zero-order valence-electron chi connectivity index (χ0n) is 13.3. The molecule has 0 aliphatic carbocycles. The van der Waals surface area contributed by atoms with Crippen molar-refractivity contribution in [2.75, 3.05) is 4.72 Å². The Hall–Kier alpha value is -2.18. The molecule has 1 heterocycles. The first-order valence-electron chi connectivity index (χ1n) is 7.67. The number of aromatic nitrogens is 1. The Kier molecular flexibility index (Phi) is 4.97. The van der Waals surface area contributed by atoms with E-state index in [1.165, 1.54) is 11.3 Å². The lowest BCUT2D eigenvalue weighted by atomic mass is 10.1. The molecule has 6 heteroatoms. The fourth-order valence-electron chi connectivity index (χ4n) is 2.42. The van der Waals surface area contributed by atoms with Crippen LogP contribution < -0.4 is 4.72 Å². The highest BCUT2D eigenvalue weighted by Gasteiger charge is 2.17. The molecule has 24 heavy (non-hydrogen) atoms. The molecule has 0 spiro atoms. The van der Waals surface area contributed by atoms with Crippen molar-refractivity contribution in [2.45, 2.75) is 19.1 Å². The summed E-state index contributed by atoms with van der Waals surface area (Å²) < 4.78 is 27.4. The minimum Gasteiger partial charge on any atom is -0.258 e. The summed E-state index contributed by atoms with van der Waals surface area (Å²) in [5.74, 6) is -0.0600. The largest absolute Gasteiger partial charge is 0.258 e. The van der Waals surface area contributed by atoms with E-state index in [1.54, 1.807) is 12.1 Å². The summed E-state index contributed by atoms with van der Waals surface area (Å²) in [5, 5.41) is 0.418. The van der Waals surface area contributed by atoms with E-state index in [0.29, 0.717) is 5.13 Å². The van der Waals surface area contributed by atoms with Gasteiger partial charge in [0, 0.05) is 10.4 Å². The van der Waals surface area contributed by atoms with Crippen molar-refractivity contribution in [3.8, 4) is 11.3 Å². The molecule has 4 nitrogen and oxygen atoms in total. The second-order valence-corrected chi connectivity index (χ2v) is 8.16. The van der Waals surface area contributed by atoms with Crippen molar-refractivity contribution >= 4 is 26.5 Å². The second-order valence-electron chi connectivity index (χ2n) is 5.36. The Morgan fingerprint density at radius 1 is 1.00 bits per heavy atom. The minimum absolute atomic E-state index is 0.0600. The van der Waals surface area contributed by atoms with Crippen LogP contribution >= 0.6 is 11.3 Å². The van der Waals surface area contributed by atoms with E-state index >= 15 is 0 Å². The van der Waals surface area contributed by atoms with Crippen LogP contribution in [0.25, 0.3) is 11.3 Å². The number of rotatable bonds is 6. The molecule has 0 saturated carbocycles. The van der Waals surface area contributed by atoms with Crippen LogP contribution in [0.1, 0.15) is 17.4 Å². The standard InChI is InChI=1S/C18H18N2O2S2/c1-2-16-17(15-11-7-4-8-12-15)19-18(23-16)20-24(21,22)13-14-9-5-3-6-10-14/h3-12H,2,13H2,1H3,(H,19,20). The minimum atomic E-state index is -3.48. The number of aryl methyl sites for hydroxylation is 1. The quantitative estimate of drug-likeness (QED) is 0.714. The number of sulfonamides is 1. The molecular formula is C18H18N2O2S2. The number of nitrogens with one attached hydrogen (secondary N) is 1. The average Bonchev–Trinajstić information content (AvgIpc) is 2.98. The van der Waals surface area contributed by atoms with Crippen molar-refractivity contribution in [3.05, 3.63) is 71.1 Å². The fourth-order valence-corrected chi connectivity index (χ4v) is 4.76. The van der Waals surface area contributed by atoms with Gasteiger partial charge in [0.2, 0.25) is 10.0 Å². The molecule has 3 rings (SSSR count). The van der Waals surface area contributed by atoms with Crippen molar-refractivity contribution in [2.24, 2.45) is 0 Å². The highest BCUT2D eigenvalue weighted by Crippen LogP contribution is 2.32. The van der Waals surface area contributed by atoms with Crippen LogP contribution in [0, 0.1) is 0 Å². The molecule has 2 aromatic carbocycles.